The Bertz CT molecular complexity index is 681. The number of esters is 1. The lowest BCUT2D eigenvalue weighted by Crippen LogP contribution is -2.54. The van der Waals surface area contributed by atoms with Gasteiger partial charge in [0, 0.05) is 13.3 Å². The molecule has 0 aromatic heterocycles. The molecule has 5 aliphatic carbocycles. The van der Waals surface area contributed by atoms with Gasteiger partial charge in [0.15, 0.2) is 5.78 Å². The number of fused-ring (bicyclic) bond motifs is 4. The number of carbonyl (C=O) groups is 2. The van der Waals surface area contributed by atoms with Gasteiger partial charge in [0.05, 0.1) is 0 Å². The number of hydrogen-bond donors (Lipinski definition) is 0. The number of rotatable bonds is 1. The average molecular weight is 371 g/mol. The summed E-state index contributed by atoms with van der Waals surface area (Å²) in [7, 11) is 0. The first kappa shape index (κ1) is 17.9. The number of hydrogen-bond acceptors (Lipinski definition) is 3. The number of ether oxygens (including phenoxy) is 1. The molecule has 0 heterocycles. The van der Waals surface area contributed by atoms with Crippen molar-refractivity contribution in [2.45, 2.75) is 84.2 Å². The van der Waals surface area contributed by atoms with Crippen LogP contribution in [0, 0.1) is 40.4 Å². The zero-order valence-electron chi connectivity index (χ0n) is 16.9. The van der Waals surface area contributed by atoms with E-state index in [1.54, 1.807) is 6.92 Å². The van der Waals surface area contributed by atoms with Crippen LogP contribution >= 0.6 is 0 Å². The summed E-state index contributed by atoms with van der Waals surface area (Å²) in [6.07, 6.45) is 16.4. The van der Waals surface area contributed by atoms with E-state index in [4.69, 9.17) is 4.74 Å². The third-order valence-corrected chi connectivity index (χ3v) is 9.74. The van der Waals surface area contributed by atoms with Crippen molar-refractivity contribution >= 4 is 11.8 Å². The van der Waals surface area contributed by atoms with Crippen molar-refractivity contribution in [3.8, 4) is 0 Å². The van der Waals surface area contributed by atoms with Gasteiger partial charge in [-0.1, -0.05) is 13.0 Å². The van der Waals surface area contributed by atoms with E-state index >= 15 is 0 Å². The fraction of sp³-hybridized carbons (Fsp3) is 0.833. The molecule has 8 atom stereocenters. The molecule has 0 radical (unpaired) electrons. The predicted octanol–water partition coefficient (Wildman–Crippen LogP) is 5.09. The van der Waals surface area contributed by atoms with Crippen molar-refractivity contribution in [1.82, 2.24) is 0 Å². The van der Waals surface area contributed by atoms with E-state index < -0.39 is 0 Å². The highest BCUT2D eigenvalue weighted by atomic mass is 16.5. The van der Waals surface area contributed by atoms with Crippen LogP contribution in [0.2, 0.25) is 0 Å². The lowest BCUT2D eigenvalue weighted by Gasteiger charge is -2.61. The lowest BCUT2D eigenvalue weighted by atomic mass is 9.44. The minimum Gasteiger partial charge on any atom is -0.463 e. The highest BCUT2D eigenvalue weighted by molar-refractivity contribution is 5.91. The summed E-state index contributed by atoms with van der Waals surface area (Å²) in [5.74, 6) is 4.04. The van der Waals surface area contributed by atoms with Crippen molar-refractivity contribution in [3.05, 3.63) is 12.2 Å². The maximum Gasteiger partial charge on any atom is 0.302 e. The first-order chi connectivity index (χ1) is 12.9. The smallest absolute Gasteiger partial charge is 0.302 e. The summed E-state index contributed by atoms with van der Waals surface area (Å²) in [4.78, 5) is 23.4. The Balaban J connectivity index is 1.39. The predicted molar refractivity (Wildman–Crippen MR) is 104 cm³/mol. The normalized spacial score (nSPS) is 51.0. The molecule has 148 valence electrons. The molecule has 0 bridgehead atoms. The van der Waals surface area contributed by atoms with Crippen molar-refractivity contribution in [3.63, 3.8) is 0 Å². The second-order valence-corrected chi connectivity index (χ2v) is 10.6. The largest absolute Gasteiger partial charge is 0.463 e. The van der Waals surface area contributed by atoms with Crippen molar-refractivity contribution in [2.24, 2.45) is 40.4 Å². The molecule has 0 aromatic carbocycles. The molecule has 27 heavy (non-hydrogen) atoms. The van der Waals surface area contributed by atoms with Gasteiger partial charge in [-0.25, -0.2) is 0 Å². The quantitative estimate of drug-likeness (QED) is 0.604. The van der Waals surface area contributed by atoms with E-state index in [2.05, 4.69) is 13.0 Å². The Morgan fingerprint density at radius 3 is 2.67 bits per heavy atom. The van der Waals surface area contributed by atoms with Crippen molar-refractivity contribution in [1.29, 1.82) is 0 Å². The number of carbonyl (C=O) groups excluding carboxylic acids is 2. The average Bonchev–Trinajstić information content (AvgIpc) is 3.01. The van der Waals surface area contributed by atoms with Crippen LogP contribution in [0.4, 0.5) is 0 Å². The summed E-state index contributed by atoms with van der Waals surface area (Å²) in [6, 6.07) is 0. The van der Waals surface area contributed by atoms with Gasteiger partial charge in [0.25, 0.3) is 0 Å². The number of ketones is 1. The molecule has 3 nitrogen and oxygen atoms in total. The van der Waals surface area contributed by atoms with Crippen LogP contribution in [0.1, 0.15) is 78.1 Å². The molecule has 0 aromatic rings. The minimum atomic E-state index is -0.118. The second-order valence-electron chi connectivity index (χ2n) is 10.6. The van der Waals surface area contributed by atoms with Gasteiger partial charge >= 0.3 is 5.97 Å². The Labute approximate surface area is 163 Å². The lowest BCUT2D eigenvalue weighted by molar-refractivity contribution is -0.159. The van der Waals surface area contributed by atoms with Crippen LogP contribution in [0.3, 0.4) is 0 Å². The highest BCUT2D eigenvalue weighted by Crippen LogP contribution is 2.68. The molecule has 4 fully saturated rings. The molecule has 0 saturated heterocycles. The monoisotopic (exact) mass is 370 g/mol. The van der Waals surface area contributed by atoms with E-state index in [1.807, 2.05) is 6.08 Å². The van der Waals surface area contributed by atoms with Gasteiger partial charge in [-0.2, -0.15) is 0 Å². The maximum absolute atomic E-state index is 12.0. The van der Waals surface area contributed by atoms with Gasteiger partial charge in [-0.15, -0.1) is 0 Å². The zero-order valence-corrected chi connectivity index (χ0v) is 16.9. The molecule has 5 rings (SSSR count). The Hall–Kier alpha value is -1.12. The molecule has 3 heteroatoms. The topological polar surface area (TPSA) is 43.4 Å². The second kappa shape index (κ2) is 6.19. The van der Waals surface area contributed by atoms with E-state index in [1.165, 1.54) is 44.9 Å². The molecule has 1 spiro atoms. The van der Waals surface area contributed by atoms with Crippen LogP contribution in [0.15, 0.2) is 12.2 Å². The van der Waals surface area contributed by atoms with E-state index in [0.29, 0.717) is 28.4 Å². The van der Waals surface area contributed by atoms with Gasteiger partial charge < -0.3 is 4.74 Å². The van der Waals surface area contributed by atoms with Gasteiger partial charge in [0.2, 0.25) is 0 Å². The van der Waals surface area contributed by atoms with Crippen LogP contribution in [0.25, 0.3) is 0 Å². The first-order valence-electron chi connectivity index (χ1n) is 11.3. The fourth-order valence-corrected chi connectivity index (χ4v) is 8.59. The first-order valence-corrected chi connectivity index (χ1v) is 11.3. The summed E-state index contributed by atoms with van der Waals surface area (Å²) in [5.41, 5.74) is 0.765. The molecular weight excluding hydrogens is 336 g/mol. The molecule has 0 unspecified atom stereocenters. The van der Waals surface area contributed by atoms with Gasteiger partial charge in [-0.05, 0) is 104 Å². The third-order valence-electron chi connectivity index (χ3n) is 9.74. The minimum absolute atomic E-state index is 0.118. The molecule has 0 N–H and O–H groups in total. The summed E-state index contributed by atoms with van der Waals surface area (Å²) < 4.78 is 5.59. The highest BCUT2D eigenvalue weighted by Gasteiger charge is 2.61. The Kier molecular flexibility index (Phi) is 4.11. The third kappa shape index (κ3) is 2.59. The van der Waals surface area contributed by atoms with E-state index in [0.717, 1.165) is 37.0 Å². The summed E-state index contributed by atoms with van der Waals surface area (Å²) in [6.45, 7) is 4.10. The van der Waals surface area contributed by atoms with Gasteiger partial charge in [0.1, 0.15) is 6.10 Å². The Morgan fingerprint density at radius 2 is 1.85 bits per heavy atom. The molecule has 4 saturated carbocycles. The SMILES string of the molecule is CC(=O)O[C@@H]1CC[C@@]2(C)[C@H](CC[C@@H]3[C@@H]2CC[C@@]24C=CC(=O)C[C@H]2CC[C@@H]34)C1. The van der Waals surface area contributed by atoms with Crippen LogP contribution in [-0.4, -0.2) is 17.9 Å². The van der Waals surface area contributed by atoms with E-state index in [9.17, 15) is 9.59 Å². The summed E-state index contributed by atoms with van der Waals surface area (Å²) in [5, 5.41) is 0. The number of allylic oxidation sites excluding steroid dienone is 2. The van der Waals surface area contributed by atoms with Crippen molar-refractivity contribution < 1.29 is 14.3 Å². The molecular formula is C24H34O3. The molecule has 5 aliphatic rings. The van der Waals surface area contributed by atoms with Crippen LogP contribution in [-0.2, 0) is 14.3 Å². The van der Waals surface area contributed by atoms with Crippen LogP contribution in [0.5, 0.6) is 0 Å². The molecule has 0 aliphatic heterocycles. The standard InChI is InChI=1S/C24H34O3/c1-15(25)27-19-8-10-23(2)16(14-19)3-5-20-21(23)9-12-24-11-7-18(26)13-17(24)4-6-22(20)24/h7,11,16-17,19-22H,3-6,8-10,12-14H2,1-2H3/t16-,17-,19-,20-,21+,22+,23+,24+/m1/s1. The summed E-state index contributed by atoms with van der Waals surface area (Å²) >= 11 is 0. The Morgan fingerprint density at radius 1 is 1.04 bits per heavy atom. The maximum atomic E-state index is 12.0. The zero-order chi connectivity index (χ0) is 18.8. The van der Waals surface area contributed by atoms with Gasteiger partial charge in [-0.3, -0.25) is 9.59 Å². The van der Waals surface area contributed by atoms with E-state index in [-0.39, 0.29) is 12.1 Å². The molecule has 0 amide bonds. The fourth-order valence-electron chi connectivity index (χ4n) is 8.59. The van der Waals surface area contributed by atoms with Crippen LogP contribution < -0.4 is 0 Å². The van der Waals surface area contributed by atoms with Crippen molar-refractivity contribution in [2.75, 3.05) is 0 Å².